The van der Waals surface area contributed by atoms with Crippen LogP contribution in [0.2, 0.25) is 0 Å². The van der Waals surface area contributed by atoms with E-state index in [1.807, 2.05) is 12.1 Å². The van der Waals surface area contributed by atoms with E-state index in [9.17, 15) is 0 Å². The summed E-state index contributed by atoms with van der Waals surface area (Å²) < 4.78 is 1.08. The molecule has 1 heterocycles. The monoisotopic (exact) mass is 315 g/mol. The molecule has 2 heteroatoms. The normalized spacial score (nSPS) is 12.5. The molecule has 0 saturated carbocycles. The van der Waals surface area contributed by atoms with E-state index >= 15 is 0 Å². The number of rotatable bonds is 2. The van der Waals surface area contributed by atoms with Crippen molar-refractivity contribution in [3.05, 3.63) is 65.5 Å². The van der Waals surface area contributed by atoms with Gasteiger partial charge in [-0.05, 0) is 40.3 Å². The third-order valence-electron chi connectivity index (χ3n) is 3.03. The van der Waals surface area contributed by atoms with Crippen molar-refractivity contribution in [3.8, 4) is 0 Å². The van der Waals surface area contributed by atoms with Gasteiger partial charge in [0, 0.05) is 16.9 Å². The standard InChI is InChI=1S/C17H18BrN/c1-17(2,3)15-6-4-14(5-7-15)16(18)12-13-8-10-19-11-9-13/h4-12H,1-3H3. The molecule has 0 bridgehead atoms. The van der Waals surface area contributed by atoms with Crippen LogP contribution in [0.4, 0.5) is 0 Å². The molecule has 98 valence electrons. The van der Waals surface area contributed by atoms with Crippen LogP contribution in [-0.4, -0.2) is 4.98 Å². The van der Waals surface area contributed by atoms with Gasteiger partial charge in [0.1, 0.15) is 0 Å². The average Bonchev–Trinajstić information content (AvgIpc) is 2.39. The summed E-state index contributed by atoms with van der Waals surface area (Å²) in [6.07, 6.45) is 5.71. The van der Waals surface area contributed by atoms with Gasteiger partial charge in [-0.2, -0.15) is 0 Å². The van der Waals surface area contributed by atoms with Crippen LogP contribution in [0, 0.1) is 0 Å². The average molecular weight is 316 g/mol. The fraction of sp³-hybridized carbons (Fsp3) is 0.235. The van der Waals surface area contributed by atoms with Crippen LogP contribution >= 0.6 is 15.9 Å². The number of pyridine rings is 1. The van der Waals surface area contributed by atoms with Gasteiger partial charge in [0.2, 0.25) is 0 Å². The highest BCUT2D eigenvalue weighted by molar-refractivity contribution is 9.15. The second-order valence-corrected chi connectivity index (χ2v) is 6.45. The molecule has 0 aliphatic carbocycles. The first-order valence-electron chi connectivity index (χ1n) is 6.35. The molecule has 19 heavy (non-hydrogen) atoms. The number of nitrogens with zero attached hydrogens (tertiary/aromatic N) is 1. The van der Waals surface area contributed by atoms with Crippen molar-refractivity contribution in [1.29, 1.82) is 0 Å². The second-order valence-electron chi connectivity index (χ2n) is 5.60. The summed E-state index contributed by atoms with van der Waals surface area (Å²) in [5.74, 6) is 0. The quantitative estimate of drug-likeness (QED) is 0.735. The molecular formula is C17H18BrN. The van der Waals surface area contributed by atoms with Crippen molar-refractivity contribution >= 4 is 26.5 Å². The van der Waals surface area contributed by atoms with Crippen molar-refractivity contribution in [1.82, 2.24) is 4.98 Å². The van der Waals surface area contributed by atoms with Crippen molar-refractivity contribution in [2.75, 3.05) is 0 Å². The van der Waals surface area contributed by atoms with Gasteiger partial charge >= 0.3 is 0 Å². The van der Waals surface area contributed by atoms with E-state index in [0.717, 1.165) is 10.0 Å². The van der Waals surface area contributed by atoms with Crippen molar-refractivity contribution < 1.29 is 0 Å². The summed E-state index contributed by atoms with van der Waals surface area (Å²) in [6.45, 7) is 6.68. The molecule has 0 aliphatic heterocycles. The van der Waals surface area contributed by atoms with E-state index < -0.39 is 0 Å². The van der Waals surface area contributed by atoms with Crippen molar-refractivity contribution in [2.45, 2.75) is 26.2 Å². The van der Waals surface area contributed by atoms with E-state index in [1.165, 1.54) is 11.1 Å². The zero-order valence-corrected chi connectivity index (χ0v) is 13.1. The Morgan fingerprint density at radius 2 is 1.58 bits per heavy atom. The predicted molar refractivity (Wildman–Crippen MR) is 86.2 cm³/mol. The van der Waals surface area contributed by atoms with Gasteiger partial charge in [0.25, 0.3) is 0 Å². The lowest BCUT2D eigenvalue weighted by atomic mass is 9.87. The van der Waals surface area contributed by atoms with Gasteiger partial charge in [0.15, 0.2) is 0 Å². The van der Waals surface area contributed by atoms with Crippen LogP contribution in [0.3, 0.4) is 0 Å². The summed E-state index contributed by atoms with van der Waals surface area (Å²) in [6, 6.07) is 12.7. The Labute approximate surface area is 123 Å². The highest BCUT2D eigenvalue weighted by Gasteiger charge is 2.13. The lowest BCUT2D eigenvalue weighted by Crippen LogP contribution is -2.10. The molecular weight excluding hydrogens is 298 g/mol. The molecule has 0 amide bonds. The maximum Gasteiger partial charge on any atom is 0.0273 e. The molecule has 0 spiro atoms. The first-order chi connectivity index (χ1) is 8.97. The molecule has 1 aromatic carbocycles. The van der Waals surface area contributed by atoms with E-state index in [0.29, 0.717) is 0 Å². The molecule has 0 aliphatic rings. The summed E-state index contributed by atoms with van der Waals surface area (Å²) in [4.78, 5) is 4.02. The molecule has 0 N–H and O–H groups in total. The second kappa shape index (κ2) is 5.70. The Bertz CT molecular complexity index is 562. The number of hydrogen-bond donors (Lipinski definition) is 0. The third-order valence-corrected chi connectivity index (χ3v) is 3.71. The Morgan fingerprint density at radius 3 is 2.11 bits per heavy atom. The van der Waals surface area contributed by atoms with Crippen molar-refractivity contribution in [3.63, 3.8) is 0 Å². The van der Waals surface area contributed by atoms with E-state index in [4.69, 9.17) is 0 Å². The molecule has 2 aromatic rings. The smallest absolute Gasteiger partial charge is 0.0273 e. The number of halogens is 1. The fourth-order valence-corrected chi connectivity index (χ4v) is 2.35. The summed E-state index contributed by atoms with van der Waals surface area (Å²) in [7, 11) is 0. The predicted octanol–water partition coefficient (Wildman–Crippen LogP) is 5.27. The van der Waals surface area contributed by atoms with Gasteiger partial charge in [-0.1, -0.05) is 61.0 Å². The molecule has 1 aromatic heterocycles. The van der Waals surface area contributed by atoms with Crippen LogP contribution in [0.25, 0.3) is 10.6 Å². The van der Waals surface area contributed by atoms with E-state index in [1.54, 1.807) is 12.4 Å². The van der Waals surface area contributed by atoms with Gasteiger partial charge < -0.3 is 0 Å². The lowest BCUT2D eigenvalue weighted by molar-refractivity contribution is 0.590. The molecule has 0 unspecified atom stereocenters. The largest absolute Gasteiger partial charge is 0.265 e. The first-order valence-corrected chi connectivity index (χ1v) is 7.14. The zero-order valence-electron chi connectivity index (χ0n) is 11.5. The topological polar surface area (TPSA) is 12.9 Å². The Kier molecular flexibility index (Phi) is 4.20. The van der Waals surface area contributed by atoms with Gasteiger partial charge in [-0.25, -0.2) is 0 Å². The Morgan fingerprint density at radius 1 is 1.00 bits per heavy atom. The minimum Gasteiger partial charge on any atom is -0.265 e. The van der Waals surface area contributed by atoms with Crippen LogP contribution in [0.5, 0.6) is 0 Å². The van der Waals surface area contributed by atoms with Crippen LogP contribution in [0.1, 0.15) is 37.5 Å². The maximum absolute atomic E-state index is 4.02. The van der Waals surface area contributed by atoms with Crippen LogP contribution in [-0.2, 0) is 5.41 Å². The van der Waals surface area contributed by atoms with Gasteiger partial charge in [0.05, 0.1) is 0 Å². The number of hydrogen-bond acceptors (Lipinski definition) is 1. The number of benzene rings is 1. The van der Waals surface area contributed by atoms with E-state index in [-0.39, 0.29) is 5.41 Å². The van der Waals surface area contributed by atoms with Crippen molar-refractivity contribution in [2.24, 2.45) is 0 Å². The SMILES string of the molecule is CC(C)(C)c1ccc(C(Br)=Cc2ccncc2)cc1. The third kappa shape index (κ3) is 3.77. The van der Waals surface area contributed by atoms with E-state index in [2.05, 4.69) is 72.0 Å². The highest BCUT2D eigenvalue weighted by Crippen LogP contribution is 2.27. The minimum absolute atomic E-state index is 0.194. The van der Waals surface area contributed by atoms with Crippen LogP contribution < -0.4 is 0 Å². The van der Waals surface area contributed by atoms with Gasteiger partial charge in [-0.3, -0.25) is 4.98 Å². The fourth-order valence-electron chi connectivity index (χ4n) is 1.82. The molecule has 0 saturated heterocycles. The molecule has 0 atom stereocenters. The Hall–Kier alpha value is -1.41. The Balaban J connectivity index is 2.25. The highest BCUT2D eigenvalue weighted by atomic mass is 79.9. The molecule has 1 nitrogen and oxygen atoms in total. The molecule has 2 rings (SSSR count). The van der Waals surface area contributed by atoms with Gasteiger partial charge in [-0.15, -0.1) is 0 Å². The number of aromatic nitrogens is 1. The molecule has 0 fully saturated rings. The first kappa shape index (κ1) is 14.0. The summed E-state index contributed by atoms with van der Waals surface area (Å²) in [5.41, 5.74) is 3.87. The molecule has 0 radical (unpaired) electrons. The summed E-state index contributed by atoms with van der Waals surface area (Å²) in [5, 5.41) is 0. The lowest BCUT2D eigenvalue weighted by Gasteiger charge is -2.19. The van der Waals surface area contributed by atoms with Crippen LogP contribution in [0.15, 0.2) is 48.8 Å². The maximum atomic E-state index is 4.02. The summed E-state index contributed by atoms with van der Waals surface area (Å²) >= 11 is 3.64. The zero-order chi connectivity index (χ0) is 13.9. The minimum atomic E-state index is 0.194.